The van der Waals surface area contributed by atoms with Crippen molar-refractivity contribution >= 4 is 34.3 Å². The molecule has 0 saturated carbocycles. The fourth-order valence-corrected chi connectivity index (χ4v) is 4.45. The third-order valence-electron chi connectivity index (χ3n) is 5.75. The molecule has 0 fully saturated rings. The number of amides is 1. The highest BCUT2D eigenvalue weighted by Gasteiger charge is 2.25. The topological polar surface area (TPSA) is 81.8 Å². The Morgan fingerprint density at radius 1 is 1.09 bits per heavy atom. The van der Waals surface area contributed by atoms with Crippen molar-refractivity contribution in [1.82, 2.24) is 19.6 Å². The first-order valence-electron chi connectivity index (χ1n) is 10.8. The zero-order chi connectivity index (χ0) is 23.7. The Labute approximate surface area is 196 Å². The van der Waals surface area contributed by atoms with Gasteiger partial charge in [-0.05, 0) is 63.8 Å². The van der Waals surface area contributed by atoms with Crippen molar-refractivity contribution in [3.8, 4) is 5.69 Å². The summed E-state index contributed by atoms with van der Waals surface area (Å²) in [6.07, 6.45) is 2.40. The number of carbonyl (C=O) groups is 1. The van der Waals surface area contributed by atoms with Gasteiger partial charge in [0.05, 0.1) is 22.5 Å². The molecule has 4 rings (SSSR count). The SMILES string of the molecule is CCC(C(=O)Nc1cccc(SC)c1)n1nc(C)c2c(C)n(-c3ccc(C)cc3)nc2c1=O. The van der Waals surface area contributed by atoms with Crippen LogP contribution in [0, 0.1) is 20.8 Å². The highest BCUT2D eigenvalue weighted by atomic mass is 32.2. The summed E-state index contributed by atoms with van der Waals surface area (Å²) in [6, 6.07) is 14.8. The van der Waals surface area contributed by atoms with Gasteiger partial charge in [0.15, 0.2) is 5.52 Å². The maximum absolute atomic E-state index is 13.4. The molecular formula is C25H27N5O2S. The van der Waals surface area contributed by atoms with Crippen LogP contribution in [0.2, 0.25) is 0 Å². The average Bonchev–Trinajstić information content (AvgIpc) is 3.16. The summed E-state index contributed by atoms with van der Waals surface area (Å²) >= 11 is 1.60. The Hall–Kier alpha value is -3.39. The fourth-order valence-electron chi connectivity index (χ4n) is 4.00. The van der Waals surface area contributed by atoms with Gasteiger partial charge in [-0.1, -0.05) is 30.7 Å². The highest BCUT2D eigenvalue weighted by Crippen LogP contribution is 2.24. The maximum atomic E-state index is 13.4. The van der Waals surface area contributed by atoms with Crippen molar-refractivity contribution in [1.29, 1.82) is 0 Å². The van der Waals surface area contributed by atoms with Gasteiger partial charge in [-0.2, -0.15) is 10.2 Å². The quantitative estimate of drug-likeness (QED) is 0.416. The van der Waals surface area contributed by atoms with Gasteiger partial charge in [-0.25, -0.2) is 9.36 Å². The largest absolute Gasteiger partial charge is 0.324 e. The van der Waals surface area contributed by atoms with Crippen molar-refractivity contribution in [2.75, 3.05) is 11.6 Å². The molecule has 1 amide bonds. The van der Waals surface area contributed by atoms with Gasteiger partial charge in [0.1, 0.15) is 6.04 Å². The van der Waals surface area contributed by atoms with Crippen LogP contribution in [0.15, 0.2) is 58.2 Å². The molecule has 1 N–H and O–H groups in total. The van der Waals surface area contributed by atoms with Crippen molar-refractivity contribution in [2.24, 2.45) is 0 Å². The van der Waals surface area contributed by atoms with E-state index in [9.17, 15) is 9.59 Å². The van der Waals surface area contributed by atoms with Gasteiger partial charge in [-0.3, -0.25) is 9.59 Å². The molecule has 1 unspecified atom stereocenters. The maximum Gasteiger partial charge on any atom is 0.295 e. The molecule has 0 bridgehead atoms. The van der Waals surface area contributed by atoms with Crippen molar-refractivity contribution in [3.05, 3.63) is 75.8 Å². The minimum absolute atomic E-state index is 0.279. The number of thioether (sulfide) groups is 1. The molecule has 1 atom stereocenters. The number of nitrogens with one attached hydrogen (secondary N) is 1. The summed E-state index contributed by atoms with van der Waals surface area (Å²) in [4.78, 5) is 27.6. The van der Waals surface area contributed by atoms with Crippen LogP contribution in [0.4, 0.5) is 5.69 Å². The number of benzene rings is 2. The van der Waals surface area contributed by atoms with Crippen LogP contribution < -0.4 is 10.9 Å². The second-order valence-corrected chi connectivity index (χ2v) is 8.92. The predicted molar refractivity (Wildman–Crippen MR) is 134 cm³/mol. The van der Waals surface area contributed by atoms with Crippen LogP contribution in [-0.4, -0.2) is 31.7 Å². The summed E-state index contributed by atoms with van der Waals surface area (Å²) in [5.41, 5.74) is 4.16. The van der Waals surface area contributed by atoms with E-state index in [1.165, 1.54) is 4.68 Å². The highest BCUT2D eigenvalue weighted by molar-refractivity contribution is 7.98. The molecule has 2 aromatic carbocycles. The Morgan fingerprint density at radius 2 is 1.82 bits per heavy atom. The van der Waals surface area contributed by atoms with Crippen LogP contribution in [0.3, 0.4) is 0 Å². The third kappa shape index (κ3) is 4.30. The van der Waals surface area contributed by atoms with E-state index in [-0.39, 0.29) is 11.5 Å². The molecule has 8 heteroatoms. The fraction of sp³-hybridized carbons (Fsp3) is 0.280. The van der Waals surface area contributed by atoms with Crippen LogP contribution >= 0.6 is 11.8 Å². The van der Waals surface area contributed by atoms with Crippen molar-refractivity contribution in [2.45, 2.75) is 45.1 Å². The summed E-state index contributed by atoms with van der Waals surface area (Å²) in [5, 5.41) is 12.8. The van der Waals surface area contributed by atoms with Crippen molar-refractivity contribution < 1.29 is 4.79 Å². The molecule has 0 saturated heterocycles. The Balaban J connectivity index is 1.76. The Morgan fingerprint density at radius 3 is 2.48 bits per heavy atom. The predicted octanol–water partition coefficient (Wildman–Crippen LogP) is 4.82. The van der Waals surface area contributed by atoms with E-state index >= 15 is 0 Å². The van der Waals surface area contributed by atoms with Crippen LogP contribution in [0.5, 0.6) is 0 Å². The van der Waals surface area contributed by atoms with Crippen LogP contribution in [0.25, 0.3) is 16.6 Å². The molecule has 4 aromatic rings. The summed E-state index contributed by atoms with van der Waals surface area (Å²) < 4.78 is 3.04. The molecule has 2 aromatic heterocycles. The third-order valence-corrected chi connectivity index (χ3v) is 6.47. The standard InChI is InChI=1S/C25H27N5O2S/c1-6-21(24(31)26-18-8-7-9-20(14-18)33-5)30-25(32)23-22(16(3)27-30)17(4)29(28-23)19-12-10-15(2)11-13-19/h7-14,21H,6H2,1-5H3,(H,26,31). The number of aromatic nitrogens is 4. The van der Waals surface area contributed by atoms with E-state index in [0.717, 1.165) is 27.2 Å². The van der Waals surface area contributed by atoms with Gasteiger partial charge in [0.2, 0.25) is 5.91 Å². The van der Waals surface area contributed by atoms with E-state index < -0.39 is 6.04 Å². The van der Waals surface area contributed by atoms with E-state index in [4.69, 9.17) is 0 Å². The first kappa shape index (κ1) is 22.8. The van der Waals surface area contributed by atoms with Gasteiger partial charge >= 0.3 is 0 Å². The van der Waals surface area contributed by atoms with Crippen LogP contribution in [0.1, 0.15) is 36.3 Å². The first-order valence-corrected chi connectivity index (χ1v) is 12.1. The van der Waals surface area contributed by atoms with Gasteiger partial charge in [0.25, 0.3) is 5.56 Å². The normalized spacial score (nSPS) is 12.2. The molecular weight excluding hydrogens is 434 g/mol. The number of nitrogens with zero attached hydrogens (tertiary/aromatic N) is 4. The lowest BCUT2D eigenvalue weighted by Gasteiger charge is -2.17. The molecule has 0 aliphatic heterocycles. The minimum Gasteiger partial charge on any atom is -0.324 e. The zero-order valence-corrected chi connectivity index (χ0v) is 20.2. The Kier molecular flexibility index (Phi) is 6.37. The number of fused-ring (bicyclic) bond motifs is 1. The lowest BCUT2D eigenvalue weighted by Crippen LogP contribution is -2.35. The molecule has 33 heavy (non-hydrogen) atoms. The molecule has 170 valence electrons. The second kappa shape index (κ2) is 9.23. The number of anilines is 1. The van der Waals surface area contributed by atoms with E-state index in [1.807, 2.05) is 82.5 Å². The number of carbonyl (C=O) groups excluding carboxylic acids is 1. The van der Waals surface area contributed by atoms with Crippen molar-refractivity contribution in [3.63, 3.8) is 0 Å². The van der Waals surface area contributed by atoms with E-state index in [1.54, 1.807) is 16.4 Å². The van der Waals surface area contributed by atoms with E-state index in [2.05, 4.69) is 15.5 Å². The molecule has 2 heterocycles. The second-order valence-electron chi connectivity index (χ2n) is 8.04. The molecule has 7 nitrogen and oxygen atoms in total. The van der Waals surface area contributed by atoms with Gasteiger partial charge < -0.3 is 5.32 Å². The number of rotatable bonds is 6. The average molecular weight is 462 g/mol. The summed E-state index contributed by atoms with van der Waals surface area (Å²) in [7, 11) is 0. The monoisotopic (exact) mass is 461 g/mol. The summed E-state index contributed by atoms with van der Waals surface area (Å²) in [5.74, 6) is -0.279. The van der Waals surface area contributed by atoms with Gasteiger partial charge in [0, 0.05) is 10.6 Å². The Bertz CT molecular complexity index is 1390. The minimum atomic E-state index is -0.747. The molecule has 0 spiro atoms. The van der Waals surface area contributed by atoms with Gasteiger partial charge in [-0.15, -0.1) is 11.8 Å². The molecule has 0 aliphatic rings. The lowest BCUT2D eigenvalue weighted by atomic mass is 10.1. The van der Waals surface area contributed by atoms with E-state index in [0.29, 0.717) is 23.3 Å². The molecule has 0 radical (unpaired) electrons. The number of aryl methyl sites for hydroxylation is 3. The zero-order valence-electron chi connectivity index (χ0n) is 19.4. The lowest BCUT2D eigenvalue weighted by molar-refractivity contribution is -0.119. The first-order chi connectivity index (χ1) is 15.8. The van der Waals surface area contributed by atoms with Crippen LogP contribution in [-0.2, 0) is 4.79 Å². The molecule has 0 aliphatic carbocycles. The summed E-state index contributed by atoms with van der Waals surface area (Å²) in [6.45, 7) is 7.66. The number of hydrogen-bond acceptors (Lipinski definition) is 5. The number of hydrogen-bond donors (Lipinski definition) is 1. The smallest absolute Gasteiger partial charge is 0.295 e.